The number of nitrogens with one attached hydrogen (secondary N) is 1. The van der Waals surface area contributed by atoms with Gasteiger partial charge in [-0.15, -0.1) is 0 Å². The van der Waals surface area contributed by atoms with E-state index in [2.05, 4.69) is 23.5 Å². The average molecular weight is 407 g/mol. The standard InChI is InChI=1S/C26H34N2O2/c1-19-14-15-20(2)23(16-19)17-25(29)28(18-22-10-6-4-7-11-22)21(3)26(30)27-24-12-8-5-9-13-24/h4,6-7,10-11,14-16,21,24H,5,8-9,12-13,17-18H2,1-3H3,(H,27,30)/t21-/m1/s1. The lowest BCUT2D eigenvalue weighted by Gasteiger charge is -2.31. The monoisotopic (exact) mass is 406 g/mol. The van der Waals surface area contributed by atoms with E-state index in [0.717, 1.165) is 35.1 Å². The minimum Gasteiger partial charge on any atom is -0.352 e. The van der Waals surface area contributed by atoms with Gasteiger partial charge >= 0.3 is 0 Å². The molecular weight excluding hydrogens is 372 g/mol. The highest BCUT2D eigenvalue weighted by atomic mass is 16.2. The Hall–Kier alpha value is -2.62. The molecule has 0 aromatic heterocycles. The second-order valence-corrected chi connectivity index (χ2v) is 8.63. The topological polar surface area (TPSA) is 49.4 Å². The smallest absolute Gasteiger partial charge is 0.242 e. The van der Waals surface area contributed by atoms with Crippen LogP contribution in [0, 0.1) is 13.8 Å². The molecule has 2 aromatic rings. The third kappa shape index (κ3) is 5.94. The van der Waals surface area contributed by atoms with Crippen LogP contribution in [-0.2, 0) is 22.6 Å². The predicted molar refractivity (Wildman–Crippen MR) is 121 cm³/mol. The molecule has 0 unspecified atom stereocenters. The zero-order valence-corrected chi connectivity index (χ0v) is 18.5. The van der Waals surface area contributed by atoms with Gasteiger partial charge in [0.05, 0.1) is 6.42 Å². The lowest BCUT2D eigenvalue weighted by Crippen LogP contribution is -2.50. The first-order chi connectivity index (χ1) is 14.4. The van der Waals surface area contributed by atoms with Crippen LogP contribution in [0.1, 0.15) is 61.3 Å². The number of hydrogen-bond donors (Lipinski definition) is 1. The van der Waals surface area contributed by atoms with Crippen LogP contribution in [0.15, 0.2) is 48.5 Å². The normalized spacial score (nSPS) is 15.4. The number of amides is 2. The Morgan fingerprint density at radius 2 is 1.73 bits per heavy atom. The van der Waals surface area contributed by atoms with E-state index in [1.165, 1.54) is 19.3 Å². The summed E-state index contributed by atoms with van der Waals surface area (Å²) in [5.74, 6) is -0.0639. The third-order valence-corrected chi connectivity index (χ3v) is 6.16. The number of hydrogen-bond acceptors (Lipinski definition) is 2. The third-order valence-electron chi connectivity index (χ3n) is 6.16. The molecule has 0 radical (unpaired) electrons. The quantitative estimate of drug-likeness (QED) is 0.724. The van der Waals surface area contributed by atoms with E-state index in [4.69, 9.17) is 0 Å². The van der Waals surface area contributed by atoms with Crippen molar-refractivity contribution >= 4 is 11.8 Å². The van der Waals surface area contributed by atoms with E-state index >= 15 is 0 Å². The van der Waals surface area contributed by atoms with Gasteiger partial charge in [-0.05, 0) is 50.3 Å². The van der Waals surface area contributed by atoms with E-state index in [1.54, 1.807) is 4.90 Å². The second kappa shape index (κ2) is 10.4. The van der Waals surface area contributed by atoms with Gasteiger partial charge in [-0.3, -0.25) is 9.59 Å². The minimum absolute atomic E-state index is 0.0150. The summed E-state index contributed by atoms with van der Waals surface area (Å²) in [5.41, 5.74) is 4.30. The van der Waals surface area contributed by atoms with Gasteiger partial charge in [-0.25, -0.2) is 0 Å². The number of nitrogens with zero attached hydrogens (tertiary/aromatic N) is 1. The Kier molecular flexibility index (Phi) is 7.67. The summed E-state index contributed by atoms with van der Waals surface area (Å²) in [6.45, 7) is 6.35. The number of benzene rings is 2. The molecule has 4 nitrogen and oxygen atoms in total. The lowest BCUT2D eigenvalue weighted by molar-refractivity contribution is -0.140. The van der Waals surface area contributed by atoms with E-state index < -0.39 is 6.04 Å². The maximum atomic E-state index is 13.4. The van der Waals surface area contributed by atoms with Crippen molar-refractivity contribution in [2.24, 2.45) is 0 Å². The zero-order chi connectivity index (χ0) is 21.5. The molecule has 0 saturated heterocycles. The van der Waals surface area contributed by atoms with Crippen molar-refractivity contribution in [3.8, 4) is 0 Å². The van der Waals surface area contributed by atoms with E-state index in [0.29, 0.717) is 13.0 Å². The largest absolute Gasteiger partial charge is 0.352 e. The molecule has 3 rings (SSSR count). The summed E-state index contributed by atoms with van der Waals surface area (Å²) in [4.78, 5) is 28.1. The van der Waals surface area contributed by atoms with Crippen molar-refractivity contribution in [2.45, 2.75) is 77.9 Å². The molecule has 1 aliphatic carbocycles. The van der Waals surface area contributed by atoms with Crippen molar-refractivity contribution in [1.29, 1.82) is 0 Å². The molecule has 0 bridgehead atoms. The maximum absolute atomic E-state index is 13.4. The van der Waals surface area contributed by atoms with Crippen LogP contribution < -0.4 is 5.32 Å². The minimum atomic E-state index is -0.509. The first-order valence-electron chi connectivity index (χ1n) is 11.1. The van der Waals surface area contributed by atoms with Crippen LogP contribution in [0.2, 0.25) is 0 Å². The predicted octanol–water partition coefficient (Wildman–Crippen LogP) is 4.71. The van der Waals surface area contributed by atoms with Crippen molar-refractivity contribution in [3.63, 3.8) is 0 Å². The van der Waals surface area contributed by atoms with Gasteiger partial charge in [0.15, 0.2) is 0 Å². The highest BCUT2D eigenvalue weighted by Gasteiger charge is 2.28. The van der Waals surface area contributed by atoms with E-state index in [9.17, 15) is 9.59 Å². The Morgan fingerprint density at radius 3 is 2.43 bits per heavy atom. The molecule has 0 spiro atoms. The number of carbonyl (C=O) groups is 2. The lowest BCUT2D eigenvalue weighted by atomic mass is 9.95. The Bertz CT molecular complexity index is 857. The summed E-state index contributed by atoms with van der Waals surface area (Å²) >= 11 is 0. The van der Waals surface area contributed by atoms with Crippen LogP contribution in [0.5, 0.6) is 0 Å². The van der Waals surface area contributed by atoms with Gasteiger partial charge in [0.1, 0.15) is 6.04 Å². The summed E-state index contributed by atoms with van der Waals surface area (Å²) in [6, 6.07) is 15.8. The molecule has 1 atom stereocenters. The van der Waals surface area contributed by atoms with Crippen LogP contribution in [0.25, 0.3) is 0 Å². The van der Waals surface area contributed by atoms with Crippen molar-refractivity contribution in [3.05, 3.63) is 70.8 Å². The Balaban J connectivity index is 1.77. The summed E-state index contributed by atoms with van der Waals surface area (Å²) in [7, 11) is 0. The second-order valence-electron chi connectivity index (χ2n) is 8.63. The fourth-order valence-electron chi connectivity index (χ4n) is 4.19. The zero-order valence-electron chi connectivity index (χ0n) is 18.5. The first kappa shape index (κ1) is 22.1. The molecule has 30 heavy (non-hydrogen) atoms. The highest BCUT2D eigenvalue weighted by molar-refractivity contribution is 5.88. The fraction of sp³-hybridized carbons (Fsp3) is 0.462. The first-order valence-corrected chi connectivity index (χ1v) is 11.1. The van der Waals surface area contributed by atoms with Crippen LogP contribution in [0.3, 0.4) is 0 Å². The molecule has 0 heterocycles. The maximum Gasteiger partial charge on any atom is 0.242 e. The molecule has 1 fully saturated rings. The van der Waals surface area contributed by atoms with E-state index in [-0.39, 0.29) is 17.9 Å². The molecule has 1 aliphatic rings. The van der Waals surface area contributed by atoms with Gasteiger partial charge in [-0.1, -0.05) is 73.4 Å². The number of aryl methyl sites for hydroxylation is 2. The Labute approximate surface area is 180 Å². The summed E-state index contributed by atoms with van der Waals surface area (Å²) in [5, 5.41) is 3.19. The van der Waals surface area contributed by atoms with Crippen LogP contribution in [0.4, 0.5) is 0 Å². The molecule has 2 aromatic carbocycles. The van der Waals surface area contributed by atoms with Gasteiger partial charge < -0.3 is 10.2 Å². The summed E-state index contributed by atoms with van der Waals surface area (Å²) in [6.07, 6.45) is 5.95. The average Bonchev–Trinajstić information content (AvgIpc) is 2.75. The van der Waals surface area contributed by atoms with Gasteiger partial charge in [0.2, 0.25) is 11.8 Å². The van der Waals surface area contributed by atoms with Crippen LogP contribution in [-0.4, -0.2) is 28.8 Å². The number of carbonyl (C=O) groups excluding carboxylic acids is 2. The molecule has 0 aliphatic heterocycles. The van der Waals surface area contributed by atoms with Gasteiger partial charge in [0.25, 0.3) is 0 Å². The van der Waals surface area contributed by atoms with Crippen molar-refractivity contribution < 1.29 is 9.59 Å². The van der Waals surface area contributed by atoms with Crippen molar-refractivity contribution in [1.82, 2.24) is 10.2 Å². The Morgan fingerprint density at radius 1 is 1.03 bits per heavy atom. The van der Waals surface area contributed by atoms with Crippen molar-refractivity contribution in [2.75, 3.05) is 0 Å². The molecule has 2 amide bonds. The van der Waals surface area contributed by atoms with Gasteiger partial charge in [0, 0.05) is 12.6 Å². The highest BCUT2D eigenvalue weighted by Crippen LogP contribution is 2.19. The van der Waals surface area contributed by atoms with Crippen LogP contribution >= 0.6 is 0 Å². The van der Waals surface area contributed by atoms with Gasteiger partial charge in [-0.2, -0.15) is 0 Å². The molecule has 1 N–H and O–H groups in total. The number of rotatable bonds is 7. The summed E-state index contributed by atoms with van der Waals surface area (Å²) < 4.78 is 0. The molecule has 1 saturated carbocycles. The van der Waals surface area contributed by atoms with E-state index in [1.807, 2.05) is 51.1 Å². The molecule has 160 valence electrons. The SMILES string of the molecule is Cc1ccc(C)c(CC(=O)N(Cc2ccccc2)[C@H](C)C(=O)NC2CCCCC2)c1. The molecule has 4 heteroatoms. The fourth-order valence-corrected chi connectivity index (χ4v) is 4.19. The molecular formula is C26H34N2O2.